The highest BCUT2D eigenvalue weighted by Gasteiger charge is 2.22. The van der Waals surface area contributed by atoms with E-state index >= 15 is 0 Å². The lowest BCUT2D eigenvalue weighted by atomic mass is 10.1. The number of fused-ring (bicyclic) bond motifs is 1. The highest BCUT2D eigenvalue weighted by atomic mass is 35.5. The van der Waals surface area contributed by atoms with E-state index in [1.807, 2.05) is 36.0 Å². The molecule has 0 saturated carbocycles. The van der Waals surface area contributed by atoms with Crippen molar-refractivity contribution in [2.45, 2.75) is 32.2 Å². The number of hydrogen-bond acceptors (Lipinski definition) is 4. The first-order valence-corrected chi connectivity index (χ1v) is 9.17. The molecule has 2 aromatic heterocycles. The third kappa shape index (κ3) is 3.53. The van der Waals surface area contributed by atoms with E-state index in [1.165, 1.54) is 5.56 Å². The summed E-state index contributed by atoms with van der Waals surface area (Å²) >= 11 is 5.98. The van der Waals surface area contributed by atoms with Crippen LogP contribution < -0.4 is 0 Å². The molecule has 136 valence electrons. The normalized spacial score (nSPS) is 16.3. The number of halogens is 1. The lowest BCUT2D eigenvalue weighted by Gasteiger charge is -2.19. The van der Waals surface area contributed by atoms with Gasteiger partial charge in [-0.25, -0.2) is 0 Å². The van der Waals surface area contributed by atoms with E-state index in [0.717, 1.165) is 49.0 Å². The summed E-state index contributed by atoms with van der Waals surface area (Å²) < 4.78 is 3.71. The highest BCUT2D eigenvalue weighted by molar-refractivity contribution is 6.30. The molecule has 3 aromatic rings. The molecule has 0 saturated heterocycles. The Morgan fingerprint density at radius 2 is 2.00 bits per heavy atom. The van der Waals surface area contributed by atoms with Gasteiger partial charge in [0.2, 0.25) is 0 Å². The molecule has 6 nitrogen and oxygen atoms in total. The van der Waals surface area contributed by atoms with Crippen LogP contribution in [0.4, 0.5) is 0 Å². The Kier molecular flexibility index (Phi) is 4.80. The summed E-state index contributed by atoms with van der Waals surface area (Å²) in [5.41, 5.74) is 3.80. The second-order valence-corrected chi connectivity index (χ2v) is 7.19. The van der Waals surface area contributed by atoms with Crippen LogP contribution in [0.3, 0.4) is 0 Å². The molecule has 1 aromatic carbocycles. The van der Waals surface area contributed by atoms with Crippen molar-refractivity contribution in [3.8, 4) is 0 Å². The number of aliphatic hydroxyl groups is 1. The maximum atomic E-state index is 10.6. The molecule has 4 rings (SSSR count). The molecule has 1 aliphatic rings. The second kappa shape index (κ2) is 7.23. The Balaban J connectivity index is 1.52. The van der Waals surface area contributed by atoms with Crippen molar-refractivity contribution in [2.75, 3.05) is 6.54 Å². The van der Waals surface area contributed by atoms with Crippen molar-refractivity contribution in [2.24, 2.45) is 7.05 Å². The Labute approximate surface area is 157 Å². The lowest BCUT2D eigenvalue weighted by Crippen LogP contribution is -2.22. The predicted octanol–water partition coefficient (Wildman–Crippen LogP) is 2.76. The van der Waals surface area contributed by atoms with Gasteiger partial charge in [-0.2, -0.15) is 10.2 Å². The Morgan fingerprint density at radius 3 is 2.73 bits per heavy atom. The fourth-order valence-electron chi connectivity index (χ4n) is 3.47. The topological polar surface area (TPSA) is 59.1 Å². The maximum absolute atomic E-state index is 10.6. The number of hydrogen-bond donors (Lipinski definition) is 1. The van der Waals surface area contributed by atoms with Gasteiger partial charge in [0.15, 0.2) is 0 Å². The average molecular weight is 372 g/mol. The van der Waals surface area contributed by atoms with Crippen LogP contribution in [0.1, 0.15) is 35.2 Å². The summed E-state index contributed by atoms with van der Waals surface area (Å²) in [5, 5.41) is 20.2. The van der Waals surface area contributed by atoms with Gasteiger partial charge in [0.05, 0.1) is 17.1 Å². The van der Waals surface area contributed by atoms with Crippen LogP contribution in [0.25, 0.3) is 0 Å². The molecule has 1 aliphatic heterocycles. The molecule has 0 bridgehead atoms. The minimum Gasteiger partial charge on any atom is -0.380 e. The summed E-state index contributed by atoms with van der Waals surface area (Å²) in [7, 11) is 1.83. The smallest absolute Gasteiger partial charge is 0.139 e. The van der Waals surface area contributed by atoms with Crippen LogP contribution >= 0.6 is 11.6 Å². The van der Waals surface area contributed by atoms with Crippen molar-refractivity contribution >= 4 is 11.6 Å². The van der Waals surface area contributed by atoms with Gasteiger partial charge in [-0.1, -0.05) is 23.7 Å². The van der Waals surface area contributed by atoms with E-state index in [9.17, 15) is 5.11 Å². The summed E-state index contributed by atoms with van der Waals surface area (Å²) in [6.07, 6.45) is 1.96. The zero-order chi connectivity index (χ0) is 18.1. The SMILES string of the molecule is Cn1nccc1C(O)c1cc2n(n1)CCCN(Cc1ccc(Cl)cc1)C2. The van der Waals surface area contributed by atoms with Gasteiger partial charge in [0, 0.05) is 44.4 Å². The zero-order valence-electron chi connectivity index (χ0n) is 14.7. The fraction of sp³-hybridized carbons (Fsp3) is 0.368. The van der Waals surface area contributed by atoms with Crippen molar-refractivity contribution < 1.29 is 5.11 Å². The predicted molar refractivity (Wildman–Crippen MR) is 99.7 cm³/mol. The number of nitrogens with zero attached hydrogens (tertiary/aromatic N) is 5. The van der Waals surface area contributed by atoms with Crippen LogP contribution in [0.2, 0.25) is 5.02 Å². The molecule has 1 unspecified atom stereocenters. The molecule has 0 spiro atoms. The third-order valence-electron chi connectivity index (χ3n) is 4.85. The summed E-state index contributed by atoms with van der Waals surface area (Å²) in [5.74, 6) is 0. The van der Waals surface area contributed by atoms with Crippen molar-refractivity contribution in [3.05, 3.63) is 70.3 Å². The molecule has 1 atom stereocenters. The van der Waals surface area contributed by atoms with Crippen molar-refractivity contribution in [1.29, 1.82) is 0 Å². The molecular weight excluding hydrogens is 350 g/mol. The third-order valence-corrected chi connectivity index (χ3v) is 5.10. The van der Waals surface area contributed by atoms with Gasteiger partial charge < -0.3 is 5.11 Å². The van der Waals surface area contributed by atoms with E-state index in [0.29, 0.717) is 5.69 Å². The number of rotatable bonds is 4. The second-order valence-electron chi connectivity index (χ2n) is 6.76. The first kappa shape index (κ1) is 17.3. The largest absolute Gasteiger partial charge is 0.380 e. The van der Waals surface area contributed by atoms with Crippen LogP contribution in [0.15, 0.2) is 42.6 Å². The molecule has 7 heteroatoms. The zero-order valence-corrected chi connectivity index (χ0v) is 15.5. The van der Waals surface area contributed by atoms with E-state index in [4.69, 9.17) is 11.6 Å². The Hall–Kier alpha value is -2.15. The molecular formula is C19H22ClN5O. The molecule has 3 heterocycles. The van der Waals surface area contributed by atoms with Gasteiger partial charge in [-0.05, 0) is 36.2 Å². The van der Waals surface area contributed by atoms with Crippen molar-refractivity contribution in [3.63, 3.8) is 0 Å². The molecule has 26 heavy (non-hydrogen) atoms. The van der Waals surface area contributed by atoms with Crippen LogP contribution in [-0.2, 0) is 26.7 Å². The molecule has 0 fully saturated rings. The fourth-order valence-corrected chi connectivity index (χ4v) is 3.60. The number of aromatic nitrogens is 4. The number of aryl methyl sites for hydroxylation is 2. The van der Waals surface area contributed by atoms with Gasteiger partial charge in [-0.3, -0.25) is 14.3 Å². The molecule has 1 N–H and O–H groups in total. The Morgan fingerprint density at radius 1 is 1.19 bits per heavy atom. The first-order chi connectivity index (χ1) is 12.6. The van der Waals surface area contributed by atoms with Crippen LogP contribution in [-0.4, -0.2) is 36.1 Å². The number of aliphatic hydroxyl groups excluding tert-OH is 1. The lowest BCUT2D eigenvalue weighted by molar-refractivity contribution is 0.203. The number of benzene rings is 1. The maximum Gasteiger partial charge on any atom is 0.139 e. The molecule has 0 radical (unpaired) electrons. The summed E-state index contributed by atoms with van der Waals surface area (Å²) in [6, 6.07) is 11.8. The van der Waals surface area contributed by atoms with E-state index in [2.05, 4.69) is 27.2 Å². The van der Waals surface area contributed by atoms with E-state index in [-0.39, 0.29) is 0 Å². The standard InChI is InChI=1S/C19H22ClN5O/c1-23-18(7-8-21-23)19(26)17-11-16-13-24(9-2-10-25(16)22-17)12-14-3-5-15(20)6-4-14/h3-8,11,19,26H,2,9-10,12-13H2,1H3. The highest BCUT2D eigenvalue weighted by Crippen LogP contribution is 2.24. The Bertz CT molecular complexity index is 886. The molecule has 0 amide bonds. The summed E-state index contributed by atoms with van der Waals surface area (Å²) in [4.78, 5) is 2.41. The van der Waals surface area contributed by atoms with Gasteiger partial charge in [-0.15, -0.1) is 0 Å². The van der Waals surface area contributed by atoms with Gasteiger partial charge >= 0.3 is 0 Å². The molecule has 0 aliphatic carbocycles. The minimum atomic E-state index is -0.758. The monoisotopic (exact) mass is 371 g/mol. The quantitative estimate of drug-likeness (QED) is 0.766. The first-order valence-electron chi connectivity index (χ1n) is 8.79. The van der Waals surface area contributed by atoms with E-state index < -0.39 is 6.10 Å². The summed E-state index contributed by atoms with van der Waals surface area (Å²) in [6.45, 7) is 3.58. The average Bonchev–Trinajstić information content (AvgIpc) is 3.18. The van der Waals surface area contributed by atoms with Crippen LogP contribution in [0, 0.1) is 0 Å². The van der Waals surface area contributed by atoms with Crippen molar-refractivity contribution in [1.82, 2.24) is 24.5 Å². The van der Waals surface area contributed by atoms with Crippen LogP contribution in [0.5, 0.6) is 0 Å². The minimum absolute atomic E-state index is 0.678. The van der Waals surface area contributed by atoms with Gasteiger partial charge in [0.1, 0.15) is 6.10 Å². The van der Waals surface area contributed by atoms with E-state index in [1.54, 1.807) is 10.9 Å². The van der Waals surface area contributed by atoms with Gasteiger partial charge in [0.25, 0.3) is 0 Å².